The first kappa shape index (κ1) is 20.7. The number of ether oxygens (including phenoxy) is 2. The zero-order valence-electron chi connectivity index (χ0n) is 17.7. The van der Waals surface area contributed by atoms with Crippen molar-refractivity contribution in [3.8, 4) is 11.5 Å². The first-order chi connectivity index (χ1) is 14.5. The summed E-state index contributed by atoms with van der Waals surface area (Å²) in [5, 5.41) is 2.89. The molecule has 3 aliphatic rings. The third kappa shape index (κ3) is 4.02. The predicted molar refractivity (Wildman–Crippen MR) is 110 cm³/mol. The molecule has 162 valence electrons. The van der Waals surface area contributed by atoms with Crippen LogP contribution in [0.15, 0.2) is 12.1 Å². The summed E-state index contributed by atoms with van der Waals surface area (Å²) < 4.78 is 11.6. The Balaban J connectivity index is 1.34. The van der Waals surface area contributed by atoms with E-state index >= 15 is 0 Å². The Bertz CT molecular complexity index is 828. The maximum atomic E-state index is 12.5. The molecule has 4 rings (SSSR count). The lowest BCUT2D eigenvalue weighted by Gasteiger charge is -2.19. The van der Waals surface area contributed by atoms with Crippen LogP contribution in [0.25, 0.3) is 0 Å². The van der Waals surface area contributed by atoms with Crippen LogP contribution in [-0.4, -0.2) is 41.9 Å². The summed E-state index contributed by atoms with van der Waals surface area (Å²) in [6, 6.07) is 3.93. The summed E-state index contributed by atoms with van der Waals surface area (Å²) in [7, 11) is 0. The summed E-state index contributed by atoms with van der Waals surface area (Å²) in [4.78, 5) is 38.8. The topological polar surface area (TPSA) is 84.9 Å². The van der Waals surface area contributed by atoms with Crippen molar-refractivity contribution in [2.75, 3.05) is 13.2 Å². The summed E-state index contributed by atoms with van der Waals surface area (Å²) in [5.41, 5.74) is 1.98. The van der Waals surface area contributed by atoms with E-state index in [1.807, 2.05) is 26.0 Å². The van der Waals surface area contributed by atoms with Crippen LogP contribution < -0.4 is 14.8 Å². The van der Waals surface area contributed by atoms with Gasteiger partial charge in [-0.15, -0.1) is 0 Å². The second kappa shape index (κ2) is 8.66. The van der Waals surface area contributed by atoms with Gasteiger partial charge >= 0.3 is 0 Å². The molecular formula is C23H30N2O5. The van der Waals surface area contributed by atoms with Crippen LogP contribution >= 0.6 is 0 Å². The van der Waals surface area contributed by atoms with Gasteiger partial charge in [0.25, 0.3) is 0 Å². The highest BCUT2D eigenvalue weighted by molar-refractivity contribution is 6.05. The van der Waals surface area contributed by atoms with Gasteiger partial charge in [-0.05, 0) is 38.8 Å². The van der Waals surface area contributed by atoms with Crippen molar-refractivity contribution in [3.05, 3.63) is 23.3 Å². The van der Waals surface area contributed by atoms with Crippen LogP contribution in [0.5, 0.6) is 11.5 Å². The highest BCUT2D eigenvalue weighted by atomic mass is 16.5. The summed E-state index contributed by atoms with van der Waals surface area (Å²) in [5.74, 6) is 0.868. The van der Waals surface area contributed by atoms with Gasteiger partial charge in [0.15, 0.2) is 0 Å². The van der Waals surface area contributed by atoms with E-state index in [4.69, 9.17) is 9.47 Å². The number of carbonyl (C=O) groups excluding carboxylic acids is 3. The van der Waals surface area contributed by atoms with Crippen molar-refractivity contribution in [2.24, 2.45) is 11.8 Å². The standard InChI is InChI=1S/C23H30N2O5/c1-3-29-19-11-15-10-14(2)30-20(15)12-16(19)13-24-21(26)8-9-25-22(27)17-6-4-5-7-18(17)23(25)28/h11-12,14,17-18H,3-10,13H2,1-2H3,(H,24,26)/t14-,17+,18+/m1/s1. The smallest absolute Gasteiger partial charge is 0.233 e. The molecule has 1 aliphatic carbocycles. The van der Waals surface area contributed by atoms with Crippen LogP contribution in [0.3, 0.4) is 0 Å². The van der Waals surface area contributed by atoms with Crippen molar-refractivity contribution in [1.82, 2.24) is 10.2 Å². The Labute approximate surface area is 177 Å². The number of rotatable bonds is 7. The molecule has 2 aliphatic heterocycles. The molecular weight excluding hydrogens is 384 g/mol. The fraction of sp³-hybridized carbons (Fsp3) is 0.609. The van der Waals surface area contributed by atoms with E-state index in [9.17, 15) is 14.4 Å². The van der Waals surface area contributed by atoms with Crippen LogP contribution in [0, 0.1) is 11.8 Å². The van der Waals surface area contributed by atoms with Crippen molar-refractivity contribution in [1.29, 1.82) is 0 Å². The summed E-state index contributed by atoms with van der Waals surface area (Å²) in [6.45, 7) is 4.96. The molecule has 1 aromatic carbocycles. The largest absolute Gasteiger partial charge is 0.494 e. The molecule has 0 spiro atoms. The Kier molecular flexibility index (Phi) is 5.97. The molecule has 1 saturated carbocycles. The van der Waals surface area contributed by atoms with Gasteiger partial charge in [-0.25, -0.2) is 0 Å². The molecule has 2 fully saturated rings. The maximum Gasteiger partial charge on any atom is 0.233 e. The first-order valence-electron chi connectivity index (χ1n) is 11.0. The van der Waals surface area contributed by atoms with E-state index in [0.29, 0.717) is 13.2 Å². The molecule has 1 aromatic rings. The Hall–Kier alpha value is -2.57. The lowest BCUT2D eigenvalue weighted by atomic mass is 9.81. The second-order valence-corrected chi connectivity index (χ2v) is 8.49. The number of nitrogens with zero attached hydrogens (tertiary/aromatic N) is 1. The fourth-order valence-electron chi connectivity index (χ4n) is 4.86. The number of imide groups is 1. The van der Waals surface area contributed by atoms with Crippen LogP contribution in [-0.2, 0) is 27.3 Å². The number of amides is 3. The summed E-state index contributed by atoms with van der Waals surface area (Å²) >= 11 is 0. The second-order valence-electron chi connectivity index (χ2n) is 8.49. The lowest BCUT2D eigenvalue weighted by molar-refractivity contribution is -0.140. The lowest BCUT2D eigenvalue weighted by Crippen LogP contribution is -2.35. The molecule has 0 unspecified atom stereocenters. The highest BCUT2D eigenvalue weighted by Gasteiger charge is 2.47. The third-order valence-electron chi connectivity index (χ3n) is 6.35. The molecule has 3 atom stereocenters. The SMILES string of the molecule is CCOc1cc2c(cc1CNC(=O)CCN1C(=O)[C@H]3CCCC[C@@H]3C1=O)O[C@H](C)C2. The number of carbonyl (C=O) groups is 3. The summed E-state index contributed by atoms with van der Waals surface area (Å²) in [6.07, 6.45) is 4.67. The van der Waals surface area contributed by atoms with Crippen molar-refractivity contribution < 1.29 is 23.9 Å². The number of benzene rings is 1. The molecule has 0 aromatic heterocycles. The average molecular weight is 415 g/mol. The Morgan fingerprint density at radius 2 is 1.90 bits per heavy atom. The normalized spacial score (nSPS) is 25.0. The van der Waals surface area contributed by atoms with Gasteiger partial charge in [-0.3, -0.25) is 19.3 Å². The van der Waals surface area contributed by atoms with Gasteiger partial charge in [0.2, 0.25) is 17.7 Å². The van der Waals surface area contributed by atoms with Crippen LogP contribution in [0.4, 0.5) is 0 Å². The van der Waals surface area contributed by atoms with Crippen molar-refractivity contribution in [3.63, 3.8) is 0 Å². The van der Waals surface area contributed by atoms with E-state index in [0.717, 1.165) is 54.7 Å². The minimum Gasteiger partial charge on any atom is -0.494 e. The van der Waals surface area contributed by atoms with E-state index in [1.54, 1.807) is 0 Å². The number of nitrogens with one attached hydrogen (secondary N) is 1. The molecule has 1 N–H and O–H groups in total. The van der Waals surface area contributed by atoms with E-state index < -0.39 is 0 Å². The van der Waals surface area contributed by atoms with E-state index in [1.165, 1.54) is 4.90 Å². The average Bonchev–Trinajstić information content (AvgIpc) is 3.21. The Morgan fingerprint density at radius 3 is 2.57 bits per heavy atom. The van der Waals surface area contributed by atoms with Gasteiger partial charge in [0.05, 0.1) is 18.4 Å². The minimum atomic E-state index is -0.192. The van der Waals surface area contributed by atoms with Gasteiger partial charge in [-0.2, -0.15) is 0 Å². The number of likely N-dealkylation sites (tertiary alicyclic amines) is 1. The van der Waals surface area contributed by atoms with E-state index in [-0.39, 0.29) is 48.6 Å². The van der Waals surface area contributed by atoms with Gasteiger partial charge in [-0.1, -0.05) is 12.8 Å². The van der Waals surface area contributed by atoms with Crippen molar-refractivity contribution >= 4 is 17.7 Å². The molecule has 0 bridgehead atoms. The van der Waals surface area contributed by atoms with Gasteiger partial charge in [0, 0.05) is 37.1 Å². The fourth-order valence-corrected chi connectivity index (χ4v) is 4.86. The zero-order valence-corrected chi connectivity index (χ0v) is 17.7. The third-order valence-corrected chi connectivity index (χ3v) is 6.35. The van der Waals surface area contributed by atoms with Gasteiger partial charge in [0.1, 0.15) is 17.6 Å². The molecule has 1 saturated heterocycles. The van der Waals surface area contributed by atoms with Gasteiger partial charge < -0.3 is 14.8 Å². The maximum absolute atomic E-state index is 12.5. The molecule has 2 heterocycles. The molecule has 7 heteroatoms. The number of hydrogen-bond acceptors (Lipinski definition) is 5. The first-order valence-corrected chi connectivity index (χ1v) is 11.0. The van der Waals surface area contributed by atoms with E-state index in [2.05, 4.69) is 5.32 Å². The zero-order chi connectivity index (χ0) is 21.3. The number of hydrogen-bond donors (Lipinski definition) is 1. The Morgan fingerprint density at radius 1 is 1.20 bits per heavy atom. The molecule has 7 nitrogen and oxygen atoms in total. The van der Waals surface area contributed by atoms with Crippen LogP contribution in [0.2, 0.25) is 0 Å². The predicted octanol–water partition coefficient (Wildman–Crippen LogP) is 2.59. The molecule has 30 heavy (non-hydrogen) atoms. The number of fused-ring (bicyclic) bond motifs is 2. The minimum absolute atomic E-state index is 0.0963. The van der Waals surface area contributed by atoms with Crippen molar-refractivity contribution in [2.45, 2.75) is 65.0 Å². The molecule has 3 amide bonds. The van der Waals surface area contributed by atoms with Crippen LogP contribution in [0.1, 0.15) is 57.1 Å². The monoisotopic (exact) mass is 414 g/mol. The molecule has 0 radical (unpaired) electrons. The quantitative estimate of drug-likeness (QED) is 0.694. The highest BCUT2D eigenvalue weighted by Crippen LogP contribution is 2.38.